The molecular weight excluding hydrogens is 216 g/mol. The Morgan fingerprint density at radius 2 is 2.00 bits per heavy atom. The zero-order valence-electron chi connectivity index (χ0n) is 9.90. The first-order valence-electron chi connectivity index (χ1n) is 5.86. The maximum Gasteiger partial charge on any atom is 0.312 e. The van der Waals surface area contributed by atoms with Gasteiger partial charge in [-0.15, -0.1) is 0 Å². The number of fused-ring (bicyclic) bond motifs is 1. The number of hydrogen-bond acceptors (Lipinski definition) is 2. The Balaban J connectivity index is 2.07. The van der Waals surface area contributed by atoms with Crippen LogP contribution in [0.25, 0.3) is 0 Å². The molecule has 0 radical (unpaired) electrons. The molecule has 0 aliphatic carbocycles. The van der Waals surface area contributed by atoms with Crippen molar-refractivity contribution in [2.45, 2.75) is 19.9 Å². The van der Waals surface area contributed by atoms with Crippen molar-refractivity contribution in [2.75, 3.05) is 13.1 Å². The highest BCUT2D eigenvalue weighted by Gasteiger charge is 2.24. The van der Waals surface area contributed by atoms with Crippen LogP contribution in [0, 0.1) is 0 Å². The molecule has 0 unspecified atom stereocenters. The van der Waals surface area contributed by atoms with E-state index >= 15 is 0 Å². The van der Waals surface area contributed by atoms with Gasteiger partial charge < -0.3 is 10.2 Å². The molecule has 0 bridgehead atoms. The van der Waals surface area contributed by atoms with E-state index in [1.807, 2.05) is 18.2 Å². The number of amides is 2. The second-order valence-corrected chi connectivity index (χ2v) is 4.10. The maximum atomic E-state index is 11.8. The molecule has 1 aliphatic rings. The van der Waals surface area contributed by atoms with E-state index in [4.69, 9.17) is 0 Å². The molecule has 1 aromatic rings. The van der Waals surface area contributed by atoms with Crippen molar-refractivity contribution < 1.29 is 9.59 Å². The first kappa shape index (κ1) is 11.6. The maximum absolute atomic E-state index is 11.8. The third-order valence-electron chi connectivity index (χ3n) is 2.95. The molecule has 17 heavy (non-hydrogen) atoms. The van der Waals surface area contributed by atoms with E-state index in [2.05, 4.69) is 11.4 Å². The Bertz CT molecular complexity index is 443. The van der Waals surface area contributed by atoms with Crippen LogP contribution >= 0.6 is 0 Å². The fourth-order valence-electron chi connectivity index (χ4n) is 2.05. The van der Waals surface area contributed by atoms with Gasteiger partial charge in [0.2, 0.25) is 0 Å². The van der Waals surface area contributed by atoms with E-state index in [0.717, 1.165) is 12.0 Å². The van der Waals surface area contributed by atoms with Gasteiger partial charge in [-0.2, -0.15) is 0 Å². The minimum Gasteiger partial charge on any atom is -0.348 e. The average molecular weight is 232 g/mol. The Morgan fingerprint density at radius 1 is 1.29 bits per heavy atom. The fraction of sp³-hybridized carbons (Fsp3) is 0.385. The quantitative estimate of drug-likeness (QED) is 0.725. The van der Waals surface area contributed by atoms with Crippen molar-refractivity contribution in [2.24, 2.45) is 0 Å². The second kappa shape index (κ2) is 4.99. The van der Waals surface area contributed by atoms with Gasteiger partial charge in [-0.05, 0) is 24.5 Å². The monoisotopic (exact) mass is 232 g/mol. The topological polar surface area (TPSA) is 49.4 Å². The summed E-state index contributed by atoms with van der Waals surface area (Å²) in [6, 6.07) is 8.04. The van der Waals surface area contributed by atoms with Crippen molar-refractivity contribution in [1.82, 2.24) is 10.2 Å². The third-order valence-corrected chi connectivity index (χ3v) is 2.95. The van der Waals surface area contributed by atoms with E-state index in [0.29, 0.717) is 19.6 Å². The highest BCUT2D eigenvalue weighted by molar-refractivity contribution is 6.34. The zero-order chi connectivity index (χ0) is 12.3. The molecule has 1 heterocycles. The standard InChI is InChI=1S/C13H16N2O2/c1-2-14-12(16)13(17)15-8-7-10-5-3-4-6-11(10)9-15/h3-6H,2,7-9H2,1H3,(H,14,16). The van der Waals surface area contributed by atoms with Crippen molar-refractivity contribution in [3.63, 3.8) is 0 Å². The number of carbonyl (C=O) groups is 2. The summed E-state index contributed by atoms with van der Waals surface area (Å²) in [5.74, 6) is -0.937. The SMILES string of the molecule is CCNC(=O)C(=O)N1CCc2ccccc2C1. The molecule has 0 spiro atoms. The minimum atomic E-state index is -0.508. The molecule has 2 rings (SSSR count). The van der Waals surface area contributed by atoms with Crippen LogP contribution in [0.2, 0.25) is 0 Å². The molecule has 0 atom stereocenters. The second-order valence-electron chi connectivity index (χ2n) is 4.10. The summed E-state index contributed by atoms with van der Waals surface area (Å²) >= 11 is 0. The molecule has 0 saturated carbocycles. The Morgan fingerprint density at radius 3 is 2.71 bits per heavy atom. The first-order chi connectivity index (χ1) is 8.22. The Labute approximate surface area is 101 Å². The summed E-state index contributed by atoms with van der Waals surface area (Å²) in [4.78, 5) is 24.9. The number of rotatable bonds is 1. The lowest BCUT2D eigenvalue weighted by molar-refractivity contribution is -0.146. The van der Waals surface area contributed by atoms with Crippen molar-refractivity contribution in [1.29, 1.82) is 0 Å². The Hall–Kier alpha value is -1.84. The normalized spacial score (nSPS) is 14.1. The highest BCUT2D eigenvalue weighted by Crippen LogP contribution is 2.18. The van der Waals surface area contributed by atoms with Crippen LogP contribution in [0.4, 0.5) is 0 Å². The molecule has 4 heteroatoms. The lowest BCUT2D eigenvalue weighted by atomic mass is 10.00. The number of hydrogen-bond donors (Lipinski definition) is 1. The van der Waals surface area contributed by atoms with Gasteiger partial charge in [-0.3, -0.25) is 9.59 Å². The van der Waals surface area contributed by atoms with E-state index in [1.54, 1.807) is 11.8 Å². The number of carbonyl (C=O) groups excluding carboxylic acids is 2. The molecule has 1 aromatic carbocycles. The van der Waals surface area contributed by atoms with Gasteiger partial charge in [-0.25, -0.2) is 0 Å². The van der Waals surface area contributed by atoms with Crippen LogP contribution in [-0.2, 0) is 22.6 Å². The van der Waals surface area contributed by atoms with Gasteiger partial charge in [0.25, 0.3) is 0 Å². The number of likely N-dealkylation sites (N-methyl/N-ethyl adjacent to an activating group) is 1. The highest BCUT2D eigenvalue weighted by atomic mass is 16.2. The lowest BCUT2D eigenvalue weighted by Crippen LogP contribution is -2.45. The predicted molar refractivity (Wildman–Crippen MR) is 64.2 cm³/mol. The van der Waals surface area contributed by atoms with E-state index in [1.165, 1.54) is 5.56 Å². The van der Waals surface area contributed by atoms with Gasteiger partial charge in [0, 0.05) is 19.6 Å². The first-order valence-corrected chi connectivity index (χ1v) is 5.86. The predicted octanol–water partition coefficient (Wildman–Crippen LogP) is 0.707. The number of nitrogens with zero attached hydrogens (tertiary/aromatic N) is 1. The molecular formula is C13H16N2O2. The van der Waals surface area contributed by atoms with Crippen molar-refractivity contribution >= 4 is 11.8 Å². The molecule has 2 amide bonds. The van der Waals surface area contributed by atoms with Crippen LogP contribution in [0.5, 0.6) is 0 Å². The van der Waals surface area contributed by atoms with E-state index < -0.39 is 11.8 Å². The van der Waals surface area contributed by atoms with Gasteiger partial charge in [0.15, 0.2) is 0 Å². The van der Waals surface area contributed by atoms with Gasteiger partial charge >= 0.3 is 11.8 Å². The smallest absolute Gasteiger partial charge is 0.312 e. The minimum absolute atomic E-state index is 0.429. The van der Waals surface area contributed by atoms with Crippen molar-refractivity contribution in [3.05, 3.63) is 35.4 Å². The van der Waals surface area contributed by atoms with Crippen LogP contribution < -0.4 is 5.32 Å². The fourth-order valence-corrected chi connectivity index (χ4v) is 2.05. The molecule has 1 N–H and O–H groups in total. The molecule has 0 saturated heterocycles. The van der Waals surface area contributed by atoms with Gasteiger partial charge in [-0.1, -0.05) is 24.3 Å². The summed E-state index contributed by atoms with van der Waals surface area (Å²) in [7, 11) is 0. The molecule has 4 nitrogen and oxygen atoms in total. The summed E-state index contributed by atoms with van der Waals surface area (Å²) in [5, 5.41) is 2.54. The number of benzene rings is 1. The van der Waals surface area contributed by atoms with Crippen LogP contribution in [-0.4, -0.2) is 29.8 Å². The van der Waals surface area contributed by atoms with Crippen LogP contribution in [0.15, 0.2) is 24.3 Å². The molecule has 1 aliphatic heterocycles. The summed E-state index contributed by atoms with van der Waals surface area (Å²) in [5.41, 5.74) is 2.41. The van der Waals surface area contributed by atoms with E-state index in [-0.39, 0.29) is 0 Å². The Kier molecular flexibility index (Phi) is 3.42. The largest absolute Gasteiger partial charge is 0.348 e. The summed E-state index contributed by atoms with van der Waals surface area (Å²) < 4.78 is 0. The summed E-state index contributed by atoms with van der Waals surface area (Å²) in [6.45, 7) is 3.44. The van der Waals surface area contributed by atoms with Crippen LogP contribution in [0.3, 0.4) is 0 Å². The molecule has 0 aromatic heterocycles. The third kappa shape index (κ3) is 2.46. The van der Waals surface area contributed by atoms with E-state index in [9.17, 15) is 9.59 Å². The van der Waals surface area contributed by atoms with Crippen molar-refractivity contribution in [3.8, 4) is 0 Å². The lowest BCUT2D eigenvalue weighted by Gasteiger charge is -2.28. The molecule has 0 fully saturated rings. The van der Waals surface area contributed by atoms with Gasteiger partial charge in [0.1, 0.15) is 0 Å². The number of nitrogens with one attached hydrogen (secondary N) is 1. The van der Waals surface area contributed by atoms with Gasteiger partial charge in [0.05, 0.1) is 0 Å². The molecule has 90 valence electrons. The average Bonchev–Trinajstić information content (AvgIpc) is 2.37. The summed E-state index contributed by atoms with van der Waals surface area (Å²) in [6.07, 6.45) is 0.821. The van der Waals surface area contributed by atoms with Crippen LogP contribution in [0.1, 0.15) is 18.1 Å². The zero-order valence-corrected chi connectivity index (χ0v) is 9.90.